The highest BCUT2D eigenvalue weighted by atomic mass is 19.1. The molecule has 2 fully saturated rings. The van der Waals surface area contributed by atoms with Crippen molar-refractivity contribution in [1.29, 1.82) is 0 Å². The highest BCUT2D eigenvalue weighted by Gasteiger charge is 2.48. The van der Waals surface area contributed by atoms with Crippen molar-refractivity contribution in [2.75, 3.05) is 13.1 Å². The molecule has 0 spiro atoms. The third kappa shape index (κ3) is 2.83. The predicted molar refractivity (Wildman–Crippen MR) is 79.5 cm³/mol. The maximum Gasteiger partial charge on any atom is 0.322 e. The topological polar surface area (TPSA) is 61.4 Å². The molecule has 2 N–H and O–H groups in total. The standard InChI is InChI=1S/C16H20FN3O2/c1-16(14(21)18-15(22)19-16)12-3-2-8-20(10-12)9-11-4-6-13(17)7-5-11/h4-7,12H,2-3,8-10H2,1H3,(H2,18,19,21,22)/t12-,16+/m0/s1. The Balaban J connectivity index is 1.68. The Morgan fingerprint density at radius 3 is 2.68 bits per heavy atom. The third-order valence-electron chi connectivity index (χ3n) is 4.71. The predicted octanol–water partition coefficient (Wildman–Crippen LogP) is 1.64. The van der Waals surface area contributed by atoms with Crippen LogP contribution in [0.15, 0.2) is 24.3 Å². The Labute approximate surface area is 128 Å². The van der Waals surface area contributed by atoms with Crippen LogP contribution >= 0.6 is 0 Å². The van der Waals surface area contributed by atoms with Crippen LogP contribution in [0.3, 0.4) is 0 Å². The van der Waals surface area contributed by atoms with Gasteiger partial charge < -0.3 is 5.32 Å². The highest BCUT2D eigenvalue weighted by molar-refractivity contribution is 6.06. The smallest absolute Gasteiger partial charge is 0.322 e. The number of halogens is 1. The van der Waals surface area contributed by atoms with Gasteiger partial charge in [0.15, 0.2) is 0 Å². The molecule has 1 aromatic rings. The first-order valence-corrected chi connectivity index (χ1v) is 7.58. The first-order valence-electron chi connectivity index (χ1n) is 7.58. The molecule has 2 aliphatic rings. The van der Waals surface area contributed by atoms with Gasteiger partial charge in [0.2, 0.25) is 0 Å². The van der Waals surface area contributed by atoms with Crippen molar-refractivity contribution in [2.24, 2.45) is 5.92 Å². The molecule has 1 aromatic carbocycles. The zero-order chi connectivity index (χ0) is 15.7. The van der Waals surface area contributed by atoms with Crippen LogP contribution in [0.5, 0.6) is 0 Å². The van der Waals surface area contributed by atoms with E-state index in [0.717, 1.165) is 38.0 Å². The second kappa shape index (κ2) is 5.68. The molecular formula is C16H20FN3O2. The fourth-order valence-electron chi connectivity index (χ4n) is 3.36. The molecule has 2 aliphatic heterocycles. The van der Waals surface area contributed by atoms with Gasteiger partial charge in [-0.25, -0.2) is 9.18 Å². The molecule has 6 heteroatoms. The van der Waals surface area contributed by atoms with E-state index in [1.54, 1.807) is 19.1 Å². The molecule has 3 amide bonds. The Bertz CT molecular complexity index is 590. The molecule has 22 heavy (non-hydrogen) atoms. The molecule has 0 bridgehead atoms. The third-order valence-corrected chi connectivity index (χ3v) is 4.71. The fraction of sp³-hybridized carbons (Fsp3) is 0.500. The Morgan fingerprint density at radius 2 is 2.05 bits per heavy atom. The lowest BCUT2D eigenvalue weighted by molar-refractivity contribution is -0.126. The summed E-state index contributed by atoms with van der Waals surface area (Å²) in [5.74, 6) is -0.405. The molecule has 118 valence electrons. The first-order chi connectivity index (χ1) is 10.5. The minimum atomic E-state index is -0.835. The van der Waals surface area contributed by atoms with E-state index in [4.69, 9.17) is 0 Å². The lowest BCUT2D eigenvalue weighted by atomic mass is 9.80. The van der Waals surface area contributed by atoms with Crippen LogP contribution in [0.2, 0.25) is 0 Å². The summed E-state index contributed by atoms with van der Waals surface area (Å²) >= 11 is 0. The van der Waals surface area contributed by atoms with Gasteiger partial charge in [-0.05, 0) is 44.0 Å². The number of hydrogen-bond acceptors (Lipinski definition) is 3. The summed E-state index contributed by atoms with van der Waals surface area (Å²) in [5.41, 5.74) is 0.213. The number of benzene rings is 1. The van der Waals surface area contributed by atoms with Crippen LogP contribution in [-0.2, 0) is 11.3 Å². The molecule has 2 heterocycles. The number of hydrogen-bond donors (Lipinski definition) is 2. The number of carbonyl (C=O) groups excluding carboxylic acids is 2. The van der Waals surface area contributed by atoms with Crippen LogP contribution in [-0.4, -0.2) is 35.5 Å². The molecule has 2 atom stereocenters. The zero-order valence-corrected chi connectivity index (χ0v) is 12.6. The average Bonchev–Trinajstić information content (AvgIpc) is 2.76. The fourth-order valence-corrected chi connectivity index (χ4v) is 3.36. The lowest BCUT2D eigenvalue weighted by Crippen LogP contribution is -2.55. The number of nitrogens with one attached hydrogen (secondary N) is 2. The molecule has 3 rings (SSSR count). The number of rotatable bonds is 3. The minimum absolute atomic E-state index is 0.0770. The van der Waals surface area contributed by atoms with Crippen molar-refractivity contribution < 1.29 is 14.0 Å². The maximum absolute atomic E-state index is 13.0. The zero-order valence-electron chi connectivity index (χ0n) is 12.6. The van der Waals surface area contributed by atoms with Crippen LogP contribution in [0.4, 0.5) is 9.18 Å². The first kappa shape index (κ1) is 15.0. The van der Waals surface area contributed by atoms with Crippen molar-refractivity contribution in [3.05, 3.63) is 35.6 Å². The quantitative estimate of drug-likeness (QED) is 0.835. The molecule has 0 saturated carbocycles. The van der Waals surface area contributed by atoms with Gasteiger partial charge in [0.05, 0.1) is 0 Å². The summed E-state index contributed by atoms with van der Waals surface area (Å²) < 4.78 is 13.0. The summed E-state index contributed by atoms with van der Waals surface area (Å²) in [6.45, 7) is 4.20. The van der Waals surface area contributed by atoms with E-state index in [1.165, 1.54) is 12.1 Å². The Kier molecular flexibility index (Phi) is 3.87. The van der Waals surface area contributed by atoms with Gasteiger partial charge in [-0.15, -0.1) is 0 Å². The SMILES string of the molecule is C[C@]1([C@H]2CCCN(Cc3ccc(F)cc3)C2)NC(=O)NC1=O. The number of carbonyl (C=O) groups is 2. The summed E-state index contributed by atoms with van der Waals surface area (Å²) in [6.07, 6.45) is 1.88. The average molecular weight is 305 g/mol. The number of amides is 3. The van der Waals surface area contributed by atoms with Crippen molar-refractivity contribution in [3.8, 4) is 0 Å². The Morgan fingerprint density at radius 1 is 1.32 bits per heavy atom. The summed E-state index contributed by atoms with van der Waals surface area (Å²) in [7, 11) is 0. The van der Waals surface area contributed by atoms with E-state index < -0.39 is 11.6 Å². The number of imide groups is 1. The van der Waals surface area contributed by atoms with Gasteiger partial charge in [0.25, 0.3) is 5.91 Å². The van der Waals surface area contributed by atoms with E-state index in [9.17, 15) is 14.0 Å². The van der Waals surface area contributed by atoms with E-state index in [0.29, 0.717) is 0 Å². The number of likely N-dealkylation sites (tertiary alicyclic amines) is 1. The second-order valence-electron chi connectivity index (χ2n) is 6.31. The number of nitrogens with zero attached hydrogens (tertiary/aromatic N) is 1. The maximum atomic E-state index is 13.0. The van der Waals surface area contributed by atoms with Gasteiger partial charge in [-0.3, -0.25) is 15.0 Å². The number of piperidine rings is 1. The van der Waals surface area contributed by atoms with Crippen LogP contribution in [0.1, 0.15) is 25.3 Å². The van der Waals surface area contributed by atoms with Crippen LogP contribution in [0.25, 0.3) is 0 Å². The van der Waals surface area contributed by atoms with Gasteiger partial charge in [0, 0.05) is 19.0 Å². The van der Waals surface area contributed by atoms with Gasteiger partial charge >= 0.3 is 6.03 Å². The molecule has 0 aliphatic carbocycles. The molecule has 2 saturated heterocycles. The van der Waals surface area contributed by atoms with Crippen LogP contribution in [0, 0.1) is 11.7 Å². The summed E-state index contributed by atoms with van der Waals surface area (Å²) in [4.78, 5) is 25.7. The Hall–Kier alpha value is -1.95. The van der Waals surface area contributed by atoms with Gasteiger partial charge in [-0.1, -0.05) is 12.1 Å². The lowest BCUT2D eigenvalue weighted by Gasteiger charge is -2.39. The monoisotopic (exact) mass is 305 g/mol. The van der Waals surface area contributed by atoms with Crippen molar-refractivity contribution in [3.63, 3.8) is 0 Å². The van der Waals surface area contributed by atoms with E-state index in [2.05, 4.69) is 15.5 Å². The van der Waals surface area contributed by atoms with Crippen molar-refractivity contribution >= 4 is 11.9 Å². The number of urea groups is 1. The van der Waals surface area contributed by atoms with Gasteiger partial charge in [-0.2, -0.15) is 0 Å². The summed E-state index contributed by atoms with van der Waals surface area (Å²) in [6, 6.07) is 6.07. The highest BCUT2D eigenvalue weighted by Crippen LogP contribution is 2.30. The van der Waals surface area contributed by atoms with Gasteiger partial charge in [0.1, 0.15) is 11.4 Å². The van der Waals surface area contributed by atoms with Crippen molar-refractivity contribution in [1.82, 2.24) is 15.5 Å². The largest absolute Gasteiger partial charge is 0.323 e. The second-order valence-corrected chi connectivity index (χ2v) is 6.31. The molecule has 0 radical (unpaired) electrons. The molecule has 0 unspecified atom stereocenters. The van der Waals surface area contributed by atoms with Crippen LogP contribution < -0.4 is 10.6 Å². The molecule has 0 aromatic heterocycles. The summed E-state index contributed by atoms with van der Waals surface area (Å²) in [5, 5.41) is 5.09. The normalized spacial score (nSPS) is 29.3. The van der Waals surface area contributed by atoms with E-state index in [-0.39, 0.29) is 17.6 Å². The van der Waals surface area contributed by atoms with Crippen molar-refractivity contribution in [2.45, 2.75) is 31.8 Å². The molecular weight excluding hydrogens is 285 g/mol. The molecule has 5 nitrogen and oxygen atoms in total. The minimum Gasteiger partial charge on any atom is -0.323 e. The van der Waals surface area contributed by atoms with E-state index in [1.807, 2.05) is 0 Å². The van der Waals surface area contributed by atoms with E-state index >= 15 is 0 Å².